The summed E-state index contributed by atoms with van der Waals surface area (Å²) in [5.41, 5.74) is 5.30. The van der Waals surface area contributed by atoms with Gasteiger partial charge in [-0.05, 0) is 42.8 Å². The van der Waals surface area contributed by atoms with E-state index < -0.39 is 35.6 Å². The Morgan fingerprint density at radius 1 is 1.15 bits per heavy atom. The molecule has 142 valence electrons. The van der Waals surface area contributed by atoms with Crippen LogP contribution in [0.1, 0.15) is 27.1 Å². The highest BCUT2D eigenvalue weighted by atomic mass is 19.1. The number of hydrogen-bond donors (Lipinski definition) is 2. The minimum Gasteiger partial charge on any atom is -0.486 e. The number of benzene rings is 2. The van der Waals surface area contributed by atoms with Crippen LogP contribution in [-0.2, 0) is 4.74 Å². The first-order valence-electron chi connectivity index (χ1n) is 8.34. The van der Waals surface area contributed by atoms with Crippen molar-refractivity contribution in [3.63, 3.8) is 0 Å². The van der Waals surface area contributed by atoms with Crippen molar-refractivity contribution in [2.45, 2.75) is 18.6 Å². The number of halogens is 2. The molecule has 2 atom stereocenters. The summed E-state index contributed by atoms with van der Waals surface area (Å²) in [5, 5.41) is 2.71. The van der Waals surface area contributed by atoms with Crippen LogP contribution in [0.2, 0.25) is 0 Å². The topological polar surface area (TPSA) is 90.7 Å². The van der Waals surface area contributed by atoms with Gasteiger partial charge in [-0.15, -0.1) is 0 Å². The Kier molecular flexibility index (Phi) is 5.66. The van der Waals surface area contributed by atoms with Gasteiger partial charge in [0.15, 0.2) is 0 Å². The van der Waals surface area contributed by atoms with E-state index in [0.29, 0.717) is 30.4 Å². The van der Waals surface area contributed by atoms with Gasteiger partial charge in [-0.25, -0.2) is 8.78 Å². The second-order valence-corrected chi connectivity index (χ2v) is 6.11. The number of nitrogens with one attached hydrogen (secondary N) is 1. The number of carbonyl (C=O) groups excluding carboxylic acids is 2. The first-order chi connectivity index (χ1) is 12.9. The highest BCUT2D eigenvalue weighted by Crippen LogP contribution is 2.19. The van der Waals surface area contributed by atoms with E-state index in [1.807, 2.05) is 0 Å². The summed E-state index contributed by atoms with van der Waals surface area (Å²) in [4.78, 5) is 23.5. The van der Waals surface area contributed by atoms with E-state index in [1.54, 1.807) is 12.1 Å². The summed E-state index contributed by atoms with van der Waals surface area (Å²) >= 11 is 0. The van der Waals surface area contributed by atoms with Gasteiger partial charge in [0.1, 0.15) is 23.5 Å². The zero-order chi connectivity index (χ0) is 19.4. The third-order valence-corrected chi connectivity index (χ3v) is 4.22. The molecule has 0 saturated carbocycles. The maximum absolute atomic E-state index is 13.8. The Balaban J connectivity index is 1.69. The number of nitrogens with two attached hydrogens (primary N) is 1. The fourth-order valence-electron chi connectivity index (χ4n) is 2.79. The summed E-state index contributed by atoms with van der Waals surface area (Å²) in [5.74, 6) is -2.41. The second kappa shape index (κ2) is 8.13. The first kappa shape index (κ1) is 18.8. The molecule has 6 nitrogen and oxygen atoms in total. The van der Waals surface area contributed by atoms with Crippen molar-refractivity contribution in [3.8, 4) is 5.75 Å². The van der Waals surface area contributed by atoms with E-state index in [1.165, 1.54) is 12.1 Å². The molecule has 0 spiro atoms. The normalized spacial score (nSPS) is 19.3. The Morgan fingerprint density at radius 2 is 1.89 bits per heavy atom. The molecule has 1 heterocycles. The van der Waals surface area contributed by atoms with Gasteiger partial charge < -0.3 is 20.5 Å². The third kappa shape index (κ3) is 4.59. The number of carbonyl (C=O) groups is 2. The fourth-order valence-corrected chi connectivity index (χ4v) is 2.79. The van der Waals surface area contributed by atoms with E-state index in [0.717, 1.165) is 12.1 Å². The van der Waals surface area contributed by atoms with Crippen molar-refractivity contribution in [3.05, 3.63) is 65.2 Å². The molecule has 1 aliphatic heterocycles. The Morgan fingerprint density at radius 3 is 2.56 bits per heavy atom. The SMILES string of the molecule is NC(=O)c1ccc(O[C@@H]2COCC[C@H]2NC(=O)c2ccc(F)cc2F)cc1. The molecule has 3 N–H and O–H groups in total. The zero-order valence-corrected chi connectivity index (χ0v) is 14.3. The van der Waals surface area contributed by atoms with Crippen LogP contribution in [0.4, 0.5) is 8.78 Å². The van der Waals surface area contributed by atoms with Gasteiger partial charge in [0.25, 0.3) is 5.91 Å². The molecule has 3 rings (SSSR count). The van der Waals surface area contributed by atoms with Crippen LogP contribution in [0.25, 0.3) is 0 Å². The van der Waals surface area contributed by atoms with Gasteiger partial charge >= 0.3 is 0 Å². The highest BCUT2D eigenvalue weighted by Gasteiger charge is 2.30. The average molecular weight is 376 g/mol. The standard InChI is InChI=1S/C19H18F2N2O4/c20-12-3-6-14(15(21)9-12)19(25)23-16-7-8-26-10-17(16)27-13-4-1-11(2-5-13)18(22)24/h1-6,9,16-17H,7-8,10H2,(H2,22,24)(H,23,25)/t16-,17-/m1/s1. The lowest BCUT2D eigenvalue weighted by atomic mass is 10.0. The first-order valence-corrected chi connectivity index (χ1v) is 8.34. The lowest BCUT2D eigenvalue weighted by Gasteiger charge is -2.32. The van der Waals surface area contributed by atoms with E-state index in [2.05, 4.69) is 5.32 Å². The van der Waals surface area contributed by atoms with Crippen molar-refractivity contribution in [1.29, 1.82) is 0 Å². The molecule has 0 unspecified atom stereocenters. The fraction of sp³-hybridized carbons (Fsp3) is 0.263. The summed E-state index contributed by atoms with van der Waals surface area (Å²) in [6, 6.07) is 8.60. The number of primary amides is 1. The molecule has 2 amide bonds. The van der Waals surface area contributed by atoms with Crippen LogP contribution >= 0.6 is 0 Å². The molecule has 1 saturated heterocycles. The van der Waals surface area contributed by atoms with Gasteiger partial charge in [-0.1, -0.05) is 0 Å². The minimum absolute atomic E-state index is 0.231. The van der Waals surface area contributed by atoms with Crippen LogP contribution in [-0.4, -0.2) is 37.2 Å². The van der Waals surface area contributed by atoms with Crippen molar-refractivity contribution >= 4 is 11.8 Å². The molecule has 27 heavy (non-hydrogen) atoms. The molecule has 1 fully saturated rings. The minimum atomic E-state index is -0.931. The quantitative estimate of drug-likeness (QED) is 0.836. The summed E-state index contributed by atoms with van der Waals surface area (Å²) in [6.07, 6.45) is -0.0378. The maximum atomic E-state index is 13.8. The van der Waals surface area contributed by atoms with Crippen LogP contribution in [0, 0.1) is 11.6 Å². The van der Waals surface area contributed by atoms with E-state index in [9.17, 15) is 18.4 Å². The van der Waals surface area contributed by atoms with E-state index >= 15 is 0 Å². The zero-order valence-electron chi connectivity index (χ0n) is 14.3. The lowest BCUT2D eigenvalue weighted by molar-refractivity contribution is -0.0135. The van der Waals surface area contributed by atoms with E-state index in [4.69, 9.17) is 15.2 Å². The average Bonchev–Trinajstić information content (AvgIpc) is 2.63. The molecule has 1 aliphatic rings. The van der Waals surface area contributed by atoms with Crippen LogP contribution < -0.4 is 15.8 Å². The largest absolute Gasteiger partial charge is 0.486 e. The number of hydrogen-bond acceptors (Lipinski definition) is 4. The third-order valence-electron chi connectivity index (χ3n) is 4.22. The molecule has 2 aromatic rings. The van der Waals surface area contributed by atoms with Crippen LogP contribution in [0.3, 0.4) is 0 Å². The van der Waals surface area contributed by atoms with Crippen molar-refractivity contribution in [2.24, 2.45) is 5.73 Å². The van der Waals surface area contributed by atoms with Crippen molar-refractivity contribution < 1.29 is 27.8 Å². The number of amides is 2. The van der Waals surface area contributed by atoms with Gasteiger partial charge in [-0.2, -0.15) is 0 Å². The number of ether oxygens (including phenoxy) is 2. The molecule has 8 heteroatoms. The van der Waals surface area contributed by atoms with Crippen molar-refractivity contribution in [1.82, 2.24) is 5.32 Å². The van der Waals surface area contributed by atoms with Gasteiger partial charge in [0, 0.05) is 18.2 Å². The predicted molar refractivity (Wildman–Crippen MR) is 92.4 cm³/mol. The Labute approximate surface area is 154 Å². The second-order valence-electron chi connectivity index (χ2n) is 6.11. The van der Waals surface area contributed by atoms with Gasteiger partial charge in [0.2, 0.25) is 5.91 Å². The van der Waals surface area contributed by atoms with Gasteiger partial charge in [-0.3, -0.25) is 9.59 Å². The van der Waals surface area contributed by atoms with Crippen LogP contribution in [0.15, 0.2) is 42.5 Å². The lowest BCUT2D eigenvalue weighted by Crippen LogP contribution is -2.51. The molecular formula is C19H18F2N2O4. The Bertz CT molecular complexity index is 842. The van der Waals surface area contributed by atoms with Crippen molar-refractivity contribution in [2.75, 3.05) is 13.2 Å². The molecule has 0 radical (unpaired) electrons. The van der Waals surface area contributed by atoms with Crippen LogP contribution in [0.5, 0.6) is 5.75 Å². The molecule has 0 aromatic heterocycles. The molecule has 0 aliphatic carbocycles. The molecule has 0 bridgehead atoms. The number of rotatable bonds is 5. The predicted octanol–water partition coefficient (Wildman–Crippen LogP) is 2.03. The summed E-state index contributed by atoms with van der Waals surface area (Å²) in [7, 11) is 0. The summed E-state index contributed by atoms with van der Waals surface area (Å²) < 4.78 is 38.1. The van der Waals surface area contributed by atoms with Gasteiger partial charge in [0.05, 0.1) is 18.2 Å². The molecular weight excluding hydrogens is 358 g/mol. The Hall–Kier alpha value is -3.00. The maximum Gasteiger partial charge on any atom is 0.254 e. The summed E-state index contributed by atoms with van der Waals surface area (Å²) in [6.45, 7) is 0.645. The molecule has 2 aromatic carbocycles. The highest BCUT2D eigenvalue weighted by molar-refractivity contribution is 5.94. The smallest absolute Gasteiger partial charge is 0.254 e. The monoisotopic (exact) mass is 376 g/mol. The van der Waals surface area contributed by atoms with E-state index in [-0.39, 0.29) is 12.2 Å².